The van der Waals surface area contributed by atoms with Crippen molar-refractivity contribution in [2.75, 3.05) is 23.8 Å². The first-order chi connectivity index (χ1) is 8.29. The zero-order chi connectivity index (χ0) is 12.1. The van der Waals surface area contributed by atoms with E-state index >= 15 is 0 Å². The lowest BCUT2D eigenvalue weighted by Gasteiger charge is -2.20. The predicted molar refractivity (Wildman–Crippen MR) is 74.8 cm³/mol. The smallest absolute Gasteiger partial charge is 0.251 e. The van der Waals surface area contributed by atoms with Crippen LogP contribution in [0.2, 0.25) is 0 Å². The van der Waals surface area contributed by atoms with E-state index in [1.165, 1.54) is 5.75 Å². The summed E-state index contributed by atoms with van der Waals surface area (Å²) in [5.74, 6) is 4.21. The van der Waals surface area contributed by atoms with Crippen molar-refractivity contribution in [1.29, 1.82) is 0 Å². The highest BCUT2D eigenvalue weighted by molar-refractivity contribution is 8.06. The molecular weight excluding hydrogens is 254 g/mol. The minimum Gasteiger partial charge on any atom is -0.311 e. The fourth-order valence-electron chi connectivity index (χ4n) is 1.67. The van der Waals surface area contributed by atoms with E-state index in [1.807, 2.05) is 30.4 Å². The minimum absolute atomic E-state index is 0.0425. The first-order valence-corrected chi connectivity index (χ1v) is 8.00. The lowest BCUT2D eigenvalue weighted by Crippen LogP contribution is -2.21. The Morgan fingerprint density at radius 2 is 2.47 bits per heavy atom. The largest absolute Gasteiger partial charge is 0.311 e. The van der Waals surface area contributed by atoms with Gasteiger partial charge in [-0.1, -0.05) is 6.92 Å². The Morgan fingerprint density at radius 3 is 3.18 bits per heavy atom. The van der Waals surface area contributed by atoms with Gasteiger partial charge in [-0.25, -0.2) is 4.98 Å². The van der Waals surface area contributed by atoms with E-state index in [4.69, 9.17) is 0 Å². The van der Waals surface area contributed by atoms with Gasteiger partial charge < -0.3 is 10.3 Å². The maximum atomic E-state index is 11.6. The lowest BCUT2D eigenvalue weighted by atomic mass is 10.3. The molecule has 0 radical (unpaired) electrons. The topological polar surface area (TPSA) is 57.8 Å². The molecule has 0 aliphatic carbocycles. The number of rotatable bonds is 4. The Kier molecular flexibility index (Phi) is 4.94. The van der Waals surface area contributed by atoms with Crippen LogP contribution >= 0.6 is 23.5 Å². The summed E-state index contributed by atoms with van der Waals surface area (Å²) in [6.45, 7) is 3.59. The third-order valence-electron chi connectivity index (χ3n) is 2.49. The van der Waals surface area contributed by atoms with Crippen LogP contribution in [0.25, 0.3) is 0 Å². The maximum Gasteiger partial charge on any atom is 0.251 e. The molecule has 0 saturated carbocycles. The first kappa shape index (κ1) is 13.0. The molecule has 1 aromatic rings. The van der Waals surface area contributed by atoms with Gasteiger partial charge in [-0.3, -0.25) is 4.79 Å². The Bertz CT molecular complexity index is 415. The molecule has 2 rings (SSSR count). The van der Waals surface area contributed by atoms with Gasteiger partial charge in [0, 0.05) is 29.9 Å². The second kappa shape index (κ2) is 6.47. The van der Waals surface area contributed by atoms with Crippen molar-refractivity contribution in [3.05, 3.63) is 27.9 Å². The number of nitrogens with zero attached hydrogens (tertiary/aromatic N) is 1. The van der Waals surface area contributed by atoms with Crippen LogP contribution in [0.1, 0.15) is 23.7 Å². The number of hydrogen-bond acceptors (Lipinski definition) is 5. The summed E-state index contributed by atoms with van der Waals surface area (Å²) in [7, 11) is 0. The second-order valence-corrected chi connectivity index (χ2v) is 6.30. The number of nitrogens with one attached hydrogen (secondary N) is 2. The average Bonchev–Trinajstić information content (AvgIpc) is 2.37. The summed E-state index contributed by atoms with van der Waals surface area (Å²) in [5.41, 5.74) is 0.792. The molecule has 6 heteroatoms. The van der Waals surface area contributed by atoms with Crippen LogP contribution in [0.4, 0.5) is 0 Å². The van der Waals surface area contributed by atoms with Gasteiger partial charge in [-0.15, -0.1) is 11.8 Å². The normalized spacial score (nSPS) is 20.4. The molecule has 1 fully saturated rings. The summed E-state index contributed by atoms with van der Waals surface area (Å²) in [6.07, 6.45) is 0. The Morgan fingerprint density at radius 1 is 1.59 bits per heavy atom. The molecule has 4 nitrogen and oxygen atoms in total. The van der Waals surface area contributed by atoms with Crippen LogP contribution in [-0.2, 0) is 6.54 Å². The summed E-state index contributed by atoms with van der Waals surface area (Å²) < 4.78 is 0. The zero-order valence-corrected chi connectivity index (χ0v) is 11.5. The van der Waals surface area contributed by atoms with E-state index in [0.717, 1.165) is 29.6 Å². The quantitative estimate of drug-likeness (QED) is 0.867. The summed E-state index contributed by atoms with van der Waals surface area (Å²) in [4.78, 5) is 19.0. The van der Waals surface area contributed by atoms with Crippen LogP contribution in [0, 0.1) is 0 Å². The summed E-state index contributed by atoms with van der Waals surface area (Å²) >= 11 is 3.81. The lowest BCUT2D eigenvalue weighted by molar-refractivity contribution is 0.698. The molecular formula is C11H17N3OS2. The SMILES string of the molecule is CCNCc1cc(=O)[nH]c(C2CSCCS2)n1. The van der Waals surface area contributed by atoms with Gasteiger partial charge in [0.15, 0.2) is 0 Å². The van der Waals surface area contributed by atoms with Crippen molar-refractivity contribution in [3.63, 3.8) is 0 Å². The molecule has 1 aromatic heterocycles. The van der Waals surface area contributed by atoms with Crippen molar-refractivity contribution < 1.29 is 0 Å². The van der Waals surface area contributed by atoms with E-state index in [1.54, 1.807) is 6.07 Å². The third-order valence-corrected chi connectivity index (χ3v) is 5.25. The Labute approximate surface area is 109 Å². The molecule has 0 bridgehead atoms. The molecule has 2 N–H and O–H groups in total. The van der Waals surface area contributed by atoms with E-state index in [2.05, 4.69) is 15.3 Å². The van der Waals surface area contributed by atoms with Crippen molar-refractivity contribution >= 4 is 23.5 Å². The minimum atomic E-state index is -0.0425. The van der Waals surface area contributed by atoms with E-state index in [9.17, 15) is 4.79 Å². The third kappa shape index (κ3) is 3.76. The molecule has 0 spiro atoms. The molecule has 17 heavy (non-hydrogen) atoms. The number of aromatic nitrogens is 2. The van der Waals surface area contributed by atoms with Gasteiger partial charge in [0.1, 0.15) is 5.82 Å². The molecule has 0 amide bonds. The van der Waals surface area contributed by atoms with Crippen molar-refractivity contribution in [1.82, 2.24) is 15.3 Å². The predicted octanol–water partition coefficient (Wildman–Crippen LogP) is 1.40. The van der Waals surface area contributed by atoms with Gasteiger partial charge in [0.25, 0.3) is 5.56 Å². The van der Waals surface area contributed by atoms with Crippen LogP contribution in [0.5, 0.6) is 0 Å². The van der Waals surface area contributed by atoms with Crippen LogP contribution in [0.3, 0.4) is 0 Å². The monoisotopic (exact) mass is 271 g/mol. The first-order valence-electron chi connectivity index (χ1n) is 5.80. The van der Waals surface area contributed by atoms with Gasteiger partial charge in [0.05, 0.1) is 10.9 Å². The van der Waals surface area contributed by atoms with Crippen LogP contribution < -0.4 is 10.9 Å². The number of hydrogen-bond donors (Lipinski definition) is 2. The van der Waals surface area contributed by atoms with Crippen molar-refractivity contribution in [2.45, 2.75) is 18.7 Å². The summed E-state index contributed by atoms with van der Waals surface area (Å²) in [6, 6.07) is 1.58. The van der Waals surface area contributed by atoms with Crippen molar-refractivity contribution in [3.8, 4) is 0 Å². The standard InChI is InChI=1S/C11H17N3OS2/c1-2-12-6-8-5-10(15)14-11(13-8)9-7-16-3-4-17-9/h5,9,12H,2-4,6-7H2,1H3,(H,13,14,15). The molecule has 94 valence electrons. The fraction of sp³-hybridized carbons (Fsp3) is 0.636. The molecule has 1 aliphatic heterocycles. The van der Waals surface area contributed by atoms with E-state index in [-0.39, 0.29) is 5.56 Å². The number of aromatic amines is 1. The molecule has 1 aliphatic rings. The second-order valence-electron chi connectivity index (χ2n) is 3.84. The zero-order valence-electron chi connectivity index (χ0n) is 9.86. The molecule has 2 heterocycles. The summed E-state index contributed by atoms with van der Waals surface area (Å²) in [5, 5.41) is 3.53. The molecule has 1 atom stereocenters. The number of thioether (sulfide) groups is 2. The van der Waals surface area contributed by atoms with Gasteiger partial charge >= 0.3 is 0 Å². The van der Waals surface area contributed by atoms with Gasteiger partial charge in [0.2, 0.25) is 0 Å². The highest BCUT2D eigenvalue weighted by Crippen LogP contribution is 2.34. The molecule has 1 unspecified atom stereocenters. The Hall–Kier alpha value is -0.460. The number of H-pyrrole nitrogens is 1. The maximum absolute atomic E-state index is 11.6. The highest BCUT2D eigenvalue weighted by atomic mass is 32.2. The molecule has 0 aromatic carbocycles. The van der Waals surface area contributed by atoms with E-state index in [0.29, 0.717) is 11.8 Å². The fourth-order valence-corrected chi connectivity index (χ4v) is 4.29. The van der Waals surface area contributed by atoms with Crippen molar-refractivity contribution in [2.24, 2.45) is 0 Å². The Balaban J connectivity index is 2.15. The van der Waals surface area contributed by atoms with Gasteiger partial charge in [-0.05, 0) is 6.54 Å². The molecule has 1 saturated heterocycles. The van der Waals surface area contributed by atoms with Crippen LogP contribution in [-0.4, -0.2) is 33.8 Å². The average molecular weight is 271 g/mol. The highest BCUT2D eigenvalue weighted by Gasteiger charge is 2.19. The van der Waals surface area contributed by atoms with Gasteiger partial charge in [-0.2, -0.15) is 11.8 Å². The van der Waals surface area contributed by atoms with E-state index < -0.39 is 0 Å². The van der Waals surface area contributed by atoms with Crippen LogP contribution in [0.15, 0.2) is 10.9 Å².